The summed E-state index contributed by atoms with van der Waals surface area (Å²) in [5.41, 5.74) is 2.10. The summed E-state index contributed by atoms with van der Waals surface area (Å²) in [7, 11) is 1.74. The molecule has 0 radical (unpaired) electrons. The molecule has 2 rings (SSSR count). The van der Waals surface area contributed by atoms with Crippen molar-refractivity contribution in [1.82, 2.24) is 4.98 Å². The molecule has 0 saturated carbocycles. The highest BCUT2D eigenvalue weighted by Gasteiger charge is 2.11. The number of rotatable bonds is 3. The third kappa shape index (κ3) is 1.99. The van der Waals surface area contributed by atoms with Crippen LogP contribution in [0, 0.1) is 6.92 Å². The van der Waals surface area contributed by atoms with Gasteiger partial charge in [0.2, 0.25) is 0 Å². The Morgan fingerprint density at radius 1 is 1.56 bits per heavy atom. The highest BCUT2D eigenvalue weighted by atomic mass is 32.1. The number of hydrogen-bond acceptors (Lipinski definition) is 4. The number of hydrogen-bond donors (Lipinski definition) is 1. The van der Waals surface area contributed by atoms with Crippen LogP contribution in [0.15, 0.2) is 18.2 Å². The van der Waals surface area contributed by atoms with E-state index in [0.29, 0.717) is 0 Å². The van der Waals surface area contributed by atoms with Crippen molar-refractivity contribution in [3.05, 3.63) is 23.8 Å². The monoisotopic (exact) mass is 236 g/mol. The summed E-state index contributed by atoms with van der Waals surface area (Å²) in [5, 5.41) is 9.45. The van der Waals surface area contributed by atoms with Gasteiger partial charge in [-0.2, -0.15) is 0 Å². The first-order valence-corrected chi connectivity index (χ1v) is 5.68. The van der Waals surface area contributed by atoms with Crippen LogP contribution in [0.3, 0.4) is 0 Å². The van der Waals surface area contributed by atoms with Gasteiger partial charge in [-0.1, -0.05) is 23.5 Å². The van der Waals surface area contributed by atoms with Crippen LogP contribution in [0.5, 0.6) is 0 Å². The van der Waals surface area contributed by atoms with Gasteiger partial charge in [0.1, 0.15) is 6.54 Å². The average molecular weight is 236 g/mol. The average Bonchev–Trinajstić information content (AvgIpc) is 2.61. The van der Waals surface area contributed by atoms with Crippen LogP contribution < -0.4 is 4.90 Å². The molecule has 0 aliphatic rings. The van der Waals surface area contributed by atoms with Crippen molar-refractivity contribution in [1.29, 1.82) is 0 Å². The molecule has 0 aliphatic heterocycles. The van der Waals surface area contributed by atoms with E-state index in [-0.39, 0.29) is 6.54 Å². The minimum absolute atomic E-state index is 0.0289. The molecule has 5 heteroatoms. The van der Waals surface area contributed by atoms with Gasteiger partial charge in [0, 0.05) is 7.05 Å². The second-order valence-corrected chi connectivity index (χ2v) is 4.65. The zero-order valence-corrected chi connectivity index (χ0v) is 9.91. The Labute approximate surface area is 97.1 Å². The summed E-state index contributed by atoms with van der Waals surface area (Å²) >= 11 is 1.53. The molecule has 0 bridgehead atoms. The van der Waals surface area contributed by atoms with Gasteiger partial charge in [-0.05, 0) is 18.6 Å². The van der Waals surface area contributed by atoms with Crippen LogP contribution in [-0.2, 0) is 4.79 Å². The third-order valence-corrected chi connectivity index (χ3v) is 3.62. The molecule has 16 heavy (non-hydrogen) atoms. The minimum atomic E-state index is -0.849. The van der Waals surface area contributed by atoms with Crippen molar-refractivity contribution in [2.24, 2.45) is 0 Å². The maximum absolute atomic E-state index is 10.6. The Kier molecular flexibility index (Phi) is 2.78. The van der Waals surface area contributed by atoms with E-state index in [1.165, 1.54) is 16.9 Å². The van der Waals surface area contributed by atoms with Gasteiger partial charge in [-0.3, -0.25) is 4.79 Å². The highest BCUT2D eigenvalue weighted by molar-refractivity contribution is 7.22. The Morgan fingerprint density at radius 2 is 2.31 bits per heavy atom. The van der Waals surface area contributed by atoms with Crippen molar-refractivity contribution < 1.29 is 9.90 Å². The van der Waals surface area contributed by atoms with Crippen molar-refractivity contribution in [3.63, 3.8) is 0 Å². The van der Waals surface area contributed by atoms with Crippen molar-refractivity contribution in [3.8, 4) is 0 Å². The van der Waals surface area contributed by atoms with Crippen LogP contribution >= 0.6 is 11.3 Å². The van der Waals surface area contributed by atoms with E-state index < -0.39 is 5.97 Å². The second-order valence-electron chi connectivity index (χ2n) is 3.67. The number of carboxylic acid groups (broad SMARTS) is 1. The van der Waals surface area contributed by atoms with Gasteiger partial charge < -0.3 is 10.0 Å². The Bertz CT molecular complexity index is 536. The fourth-order valence-electron chi connectivity index (χ4n) is 1.51. The second kappa shape index (κ2) is 4.09. The first-order chi connectivity index (χ1) is 7.58. The lowest BCUT2D eigenvalue weighted by Gasteiger charge is -2.11. The molecule has 0 amide bonds. The van der Waals surface area contributed by atoms with E-state index >= 15 is 0 Å². The number of anilines is 1. The lowest BCUT2D eigenvalue weighted by molar-refractivity contribution is -0.135. The van der Waals surface area contributed by atoms with Crippen LogP contribution in [0.1, 0.15) is 5.56 Å². The van der Waals surface area contributed by atoms with E-state index in [0.717, 1.165) is 15.3 Å². The molecule has 0 atom stereocenters. The molecule has 0 aliphatic carbocycles. The molecule has 0 spiro atoms. The predicted octanol–water partition coefficient (Wildman–Crippen LogP) is 2.13. The first kappa shape index (κ1) is 10.9. The molecule has 1 aromatic heterocycles. The molecule has 4 nitrogen and oxygen atoms in total. The van der Waals surface area contributed by atoms with E-state index in [1.54, 1.807) is 11.9 Å². The normalized spacial score (nSPS) is 10.6. The highest BCUT2D eigenvalue weighted by Crippen LogP contribution is 2.30. The number of fused-ring (bicyclic) bond motifs is 1. The van der Waals surface area contributed by atoms with E-state index in [9.17, 15) is 4.79 Å². The number of aliphatic carboxylic acids is 1. The molecule has 0 fully saturated rings. The maximum atomic E-state index is 10.6. The molecule has 1 aromatic carbocycles. The number of thiazole rings is 1. The largest absolute Gasteiger partial charge is 0.480 e. The molecule has 2 aromatic rings. The number of likely N-dealkylation sites (N-methyl/N-ethyl adjacent to an activating group) is 1. The van der Waals surface area contributed by atoms with Crippen LogP contribution in [0.4, 0.5) is 5.13 Å². The fourth-order valence-corrected chi connectivity index (χ4v) is 2.50. The Morgan fingerprint density at radius 3 is 2.94 bits per heavy atom. The molecule has 0 unspecified atom stereocenters. The quantitative estimate of drug-likeness (QED) is 0.887. The van der Waals surface area contributed by atoms with E-state index in [1.807, 2.05) is 25.1 Å². The number of benzene rings is 1. The molecular weight excluding hydrogens is 224 g/mol. The SMILES string of the molecule is Cc1cccc2nc(N(C)CC(=O)O)sc12. The lowest BCUT2D eigenvalue weighted by atomic mass is 10.2. The summed E-state index contributed by atoms with van der Waals surface area (Å²) in [5.74, 6) is -0.849. The van der Waals surface area contributed by atoms with Gasteiger partial charge in [0.15, 0.2) is 5.13 Å². The van der Waals surface area contributed by atoms with Gasteiger partial charge in [-0.15, -0.1) is 0 Å². The summed E-state index contributed by atoms with van der Waals surface area (Å²) in [6, 6.07) is 5.93. The van der Waals surface area contributed by atoms with Gasteiger partial charge in [-0.25, -0.2) is 4.98 Å². The van der Waals surface area contributed by atoms with Crippen molar-refractivity contribution >= 4 is 32.7 Å². The summed E-state index contributed by atoms with van der Waals surface area (Å²) < 4.78 is 1.12. The smallest absolute Gasteiger partial charge is 0.323 e. The van der Waals surface area contributed by atoms with Crippen LogP contribution in [0.25, 0.3) is 10.2 Å². The van der Waals surface area contributed by atoms with Crippen molar-refractivity contribution in [2.75, 3.05) is 18.5 Å². The maximum Gasteiger partial charge on any atom is 0.323 e. The fraction of sp³-hybridized carbons (Fsp3) is 0.273. The molecule has 1 heterocycles. The van der Waals surface area contributed by atoms with Gasteiger partial charge >= 0.3 is 5.97 Å². The summed E-state index contributed by atoms with van der Waals surface area (Å²) in [4.78, 5) is 16.7. The van der Waals surface area contributed by atoms with Crippen LogP contribution in [-0.4, -0.2) is 29.7 Å². The van der Waals surface area contributed by atoms with Crippen molar-refractivity contribution in [2.45, 2.75) is 6.92 Å². The number of aryl methyl sites for hydroxylation is 1. The molecular formula is C11H12N2O2S. The molecule has 84 valence electrons. The Balaban J connectivity index is 2.39. The topological polar surface area (TPSA) is 53.4 Å². The summed E-state index contributed by atoms with van der Waals surface area (Å²) in [6.07, 6.45) is 0. The van der Waals surface area contributed by atoms with E-state index in [4.69, 9.17) is 5.11 Å². The van der Waals surface area contributed by atoms with Crippen LogP contribution in [0.2, 0.25) is 0 Å². The number of carbonyl (C=O) groups is 1. The van der Waals surface area contributed by atoms with Gasteiger partial charge in [0.05, 0.1) is 10.2 Å². The molecule has 1 N–H and O–H groups in total. The number of carboxylic acids is 1. The summed E-state index contributed by atoms with van der Waals surface area (Å²) in [6.45, 7) is 2.00. The number of nitrogens with zero attached hydrogens (tertiary/aromatic N) is 2. The van der Waals surface area contributed by atoms with Gasteiger partial charge in [0.25, 0.3) is 0 Å². The molecule has 0 saturated heterocycles. The predicted molar refractivity (Wildman–Crippen MR) is 65.3 cm³/mol. The van der Waals surface area contributed by atoms with E-state index in [2.05, 4.69) is 4.98 Å². The first-order valence-electron chi connectivity index (χ1n) is 4.87. The minimum Gasteiger partial charge on any atom is -0.480 e. The zero-order valence-electron chi connectivity index (χ0n) is 9.10. The number of aromatic nitrogens is 1. The third-order valence-electron chi connectivity index (χ3n) is 2.30. The lowest BCUT2D eigenvalue weighted by Crippen LogP contribution is -2.24. The zero-order chi connectivity index (χ0) is 11.7. The standard InChI is InChI=1S/C11H12N2O2S/c1-7-4-3-5-8-10(7)16-11(12-8)13(2)6-9(14)15/h3-5H,6H2,1-2H3,(H,14,15). The Hall–Kier alpha value is -1.62.